The number of pyridine rings is 1. The topological polar surface area (TPSA) is 115 Å². The molecule has 0 spiro atoms. The fourth-order valence-corrected chi connectivity index (χ4v) is 3.81. The minimum atomic E-state index is -0.590. The van der Waals surface area contributed by atoms with Crippen LogP contribution in [-0.2, 0) is 10.3 Å². The predicted molar refractivity (Wildman–Crippen MR) is 135 cm³/mol. The third kappa shape index (κ3) is 4.99. The van der Waals surface area contributed by atoms with Gasteiger partial charge in [0.05, 0.1) is 16.8 Å². The average Bonchev–Trinajstić information content (AvgIpc) is 2.91. The molecule has 4 rings (SSSR count). The summed E-state index contributed by atoms with van der Waals surface area (Å²) in [5.41, 5.74) is 2.37. The standard InChI is InChI=1S/C26H28FN7O2/c1-15(17-6-7-19(27)22-18(24(35)28-4)8-9-29-23(17)22)11-30-21-10-20(33-14-34-21)16-12-31-25(32-13-16)26(2,3)36-5/h6-10,12-15H,11H2,1-5H3,(H,28,35)(H,30,33,34)/t15-/m1/s1. The number of carbonyl (C=O) groups is 1. The first-order valence-corrected chi connectivity index (χ1v) is 11.5. The van der Waals surface area contributed by atoms with E-state index in [1.54, 1.807) is 25.6 Å². The summed E-state index contributed by atoms with van der Waals surface area (Å²) in [6, 6.07) is 6.42. The summed E-state index contributed by atoms with van der Waals surface area (Å²) in [4.78, 5) is 34.1. The molecule has 0 aliphatic carbocycles. The predicted octanol–water partition coefficient (Wildman–Crippen LogP) is 4.08. The van der Waals surface area contributed by atoms with Crippen molar-refractivity contribution in [3.8, 4) is 11.3 Å². The highest BCUT2D eigenvalue weighted by Crippen LogP contribution is 2.29. The molecule has 0 aliphatic heterocycles. The molecule has 0 fully saturated rings. The Kier molecular flexibility index (Phi) is 7.16. The molecule has 3 aromatic heterocycles. The molecule has 4 aromatic rings. The van der Waals surface area contributed by atoms with Crippen molar-refractivity contribution >= 4 is 22.6 Å². The van der Waals surface area contributed by atoms with Crippen LogP contribution in [0.3, 0.4) is 0 Å². The summed E-state index contributed by atoms with van der Waals surface area (Å²) in [6.07, 6.45) is 6.41. The van der Waals surface area contributed by atoms with E-state index in [0.717, 1.165) is 11.1 Å². The van der Waals surface area contributed by atoms with Gasteiger partial charge in [-0.2, -0.15) is 0 Å². The van der Waals surface area contributed by atoms with Gasteiger partial charge >= 0.3 is 0 Å². The Hall–Kier alpha value is -4.05. The zero-order valence-corrected chi connectivity index (χ0v) is 20.8. The Bertz CT molecular complexity index is 1390. The van der Waals surface area contributed by atoms with Crippen LogP contribution in [0.15, 0.2) is 49.2 Å². The highest BCUT2D eigenvalue weighted by Gasteiger charge is 2.23. The smallest absolute Gasteiger partial charge is 0.251 e. The third-order valence-electron chi connectivity index (χ3n) is 6.13. The van der Waals surface area contributed by atoms with E-state index in [0.29, 0.717) is 29.4 Å². The van der Waals surface area contributed by atoms with Gasteiger partial charge < -0.3 is 15.4 Å². The number of nitrogens with one attached hydrogen (secondary N) is 2. The summed E-state index contributed by atoms with van der Waals surface area (Å²) in [5.74, 6) is 0.301. The van der Waals surface area contributed by atoms with Crippen LogP contribution in [-0.4, -0.2) is 51.5 Å². The first-order valence-electron chi connectivity index (χ1n) is 11.5. The van der Waals surface area contributed by atoms with E-state index in [4.69, 9.17) is 4.74 Å². The van der Waals surface area contributed by atoms with Gasteiger partial charge in [0.15, 0.2) is 5.82 Å². The van der Waals surface area contributed by atoms with Crippen molar-refractivity contribution < 1.29 is 13.9 Å². The van der Waals surface area contributed by atoms with Gasteiger partial charge in [0, 0.05) is 62.2 Å². The Morgan fingerprint density at radius 3 is 2.56 bits per heavy atom. The number of hydrogen-bond donors (Lipinski definition) is 2. The highest BCUT2D eigenvalue weighted by molar-refractivity contribution is 6.06. The minimum absolute atomic E-state index is 0.0576. The summed E-state index contributed by atoms with van der Waals surface area (Å²) in [6.45, 7) is 6.30. The van der Waals surface area contributed by atoms with E-state index in [9.17, 15) is 9.18 Å². The number of benzene rings is 1. The van der Waals surface area contributed by atoms with Crippen molar-refractivity contribution in [2.24, 2.45) is 0 Å². The fraction of sp³-hybridized carbons (Fsp3) is 0.308. The molecule has 0 saturated carbocycles. The first kappa shape index (κ1) is 25.1. The molecule has 1 atom stereocenters. The molecule has 1 aromatic carbocycles. The fourth-order valence-electron chi connectivity index (χ4n) is 3.81. The summed E-state index contributed by atoms with van der Waals surface area (Å²) >= 11 is 0. The molecule has 0 bridgehead atoms. The van der Waals surface area contributed by atoms with Crippen LogP contribution in [0.4, 0.5) is 10.2 Å². The van der Waals surface area contributed by atoms with Gasteiger partial charge in [-0.3, -0.25) is 9.78 Å². The maximum absolute atomic E-state index is 14.7. The third-order valence-corrected chi connectivity index (χ3v) is 6.13. The summed E-state index contributed by atoms with van der Waals surface area (Å²) < 4.78 is 20.1. The van der Waals surface area contributed by atoms with Crippen molar-refractivity contribution in [3.05, 3.63) is 72.0 Å². The van der Waals surface area contributed by atoms with Gasteiger partial charge in [-0.05, 0) is 31.5 Å². The second-order valence-electron chi connectivity index (χ2n) is 8.88. The monoisotopic (exact) mass is 489 g/mol. The lowest BCUT2D eigenvalue weighted by Crippen LogP contribution is -2.22. The Balaban J connectivity index is 1.54. The molecule has 10 heteroatoms. The van der Waals surface area contributed by atoms with Crippen LogP contribution in [0.25, 0.3) is 22.2 Å². The van der Waals surface area contributed by atoms with Crippen molar-refractivity contribution in [2.45, 2.75) is 32.3 Å². The first-order chi connectivity index (χ1) is 17.2. The maximum Gasteiger partial charge on any atom is 0.251 e. The van der Waals surface area contributed by atoms with Crippen LogP contribution in [0, 0.1) is 5.82 Å². The number of rotatable bonds is 8. The van der Waals surface area contributed by atoms with E-state index in [-0.39, 0.29) is 22.8 Å². The lowest BCUT2D eigenvalue weighted by molar-refractivity contribution is 0.0115. The number of hydrogen-bond acceptors (Lipinski definition) is 8. The van der Waals surface area contributed by atoms with Crippen LogP contribution < -0.4 is 10.6 Å². The number of anilines is 1. The molecule has 36 heavy (non-hydrogen) atoms. The number of fused-ring (bicyclic) bond motifs is 1. The maximum atomic E-state index is 14.7. The van der Waals surface area contributed by atoms with Crippen LogP contribution >= 0.6 is 0 Å². The molecule has 0 unspecified atom stereocenters. The van der Waals surface area contributed by atoms with E-state index in [1.165, 1.54) is 31.7 Å². The van der Waals surface area contributed by atoms with Crippen molar-refractivity contribution in [1.29, 1.82) is 0 Å². The van der Waals surface area contributed by atoms with Crippen molar-refractivity contribution in [1.82, 2.24) is 30.2 Å². The largest absolute Gasteiger partial charge is 0.371 e. The minimum Gasteiger partial charge on any atom is -0.371 e. The molecular weight excluding hydrogens is 461 g/mol. The zero-order chi connectivity index (χ0) is 25.9. The molecular formula is C26H28FN7O2. The Morgan fingerprint density at radius 2 is 1.86 bits per heavy atom. The average molecular weight is 490 g/mol. The number of halogens is 1. The van der Waals surface area contributed by atoms with E-state index in [1.807, 2.05) is 26.8 Å². The Labute approximate surface area is 208 Å². The van der Waals surface area contributed by atoms with E-state index < -0.39 is 11.4 Å². The van der Waals surface area contributed by atoms with Crippen LogP contribution in [0.5, 0.6) is 0 Å². The van der Waals surface area contributed by atoms with Gasteiger partial charge in [0.2, 0.25) is 0 Å². The quantitative estimate of drug-likeness (QED) is 0.381. The Morgan fingerprint density at radius 1 is 1.11 bits per heavy atom. The normalized spacial score (nSPS) is 12.4. The zero-order valence-electron chi connectivity index (χ0n) is 20.8. The molecule has 0 radical (unpaired) electrons. The summed E-state index contributed by atoms with van der Waals surface area (Å²) in [7, 11) is 3.13. The molecule has 9 nitrogen and oxygen atoms in total. The van der Waals surface area contributed by atoms with Gasteiger partial charge in [0.25, 0.3) is 5.91 Å². The van der Waals surface area contributed by atoms with Crippen molar-refractivity contribution in [2.75, 3.05) is 26.0 Å². The molecule has 0 saturated heterocycles. The number of ether oxygens (including phenoxy) is 1. The number of methoxy groups -OCH3 is 1. The molecule has 3 heterocycles. The second kappa shape index (κ2) is 10.3. The van der Waals surface area contributed by atoms with Gasteiger partial charge in [-0.1, -0.05) is 13.0 Å². The van der Waals surface area contributed by atoms with Crippen LogP contribution in [0.1, 0.15) is 48.4 Å². The van der Waals surface area contributed by atoms with Crippen LogP contribution in [0.2, 0.25) is 0 Å². The molecule has 2 N–H and O–H groups in total. The molecule has 186 valence electrons. The summed E-state index contributed by atoms with van der Waals surface area (Å²) in [5, 5.41) is 6.08. The molecule has 0 aliphatic rings. The SMILES string of the molecule is CNC(=O)c1ccnc2c([C@H](C)CNc3cc(-c4cnc(C(C)(C)OC)nc4)ncn3)ccc(F)c12. The van der Waals surface area contributed by atoms with Gasteiger partial charge in [0.1, 0.15) is 23.6 Å². The number of amides is 1. The van der Waals surface area contributed by atoms with Gasteiger partial charge in [-0.15, -0.1) is 0 Å². The molecule has 1 amide bonds. The number of aromatic nitrogens is 5. The van der Waals surface area contributed by atoms with Crippen molar-refractivity contribution in [3.63, 3.8) is 0 Å². The van der Waals surface area contributed by atoms with Gasteiger partial charge in [-0.25, -0.2) is 24.3 Å². The van der Waals surface area contributed by atoms with E-state index in [2.05, 4.69) is 35.6 Å². The van der Waals surface area contributed by atoms with E-state index >= 15 is 0 Å². The lowest BCUT2D eigenvalue weighted by Gasteiger charge is -2.20. The number of carbonyl (C=O) groups excluding carboxylic acids is 1. The highest BCUT2D eigenvalue weighted by atomic mass is 19.1. The number of nitrogens with zero attached hydrogens (tertiary/aromatic N) is 5. The second-order valence-corrected chi connectivity index (χ2v) is 8.88. The lowest BCUT2D eigenvalue weighted by atomic mass is 9.95.